The lowest BCUT2D eigenvalue weighted by molar-refractivity contribution is 0.247. The van der Waals surface area contributed by atoms with Gasteiger partial charge in [0.05, 0.1) is 5.69 Å². The monoisotopic (exact) mass is 262 g/mol. The highest BCUT2D eigenvalue weighted by atomic mass is 19.1. The van der Waals surface area contributed by atoms with Crippen molar-refractivity contribution >= 4 is 5.69 Å². The summed E-state index contributed by atoms with van der Waals surface area (Å²) in [6, 6.07) is 5.69. The Balaban J connectivity index is 1.60. The average molecular weight is 262 g/mol. The van der Waals surface area contributed by atoms with E-state index in [1.165, 1.54) is 19.4 Å². The maximum absolute atomic E-state index is 14.1. The van der Waals surface area contributed by atoms with Crippen LogP contribution in [0.2, 0.25) is 0 Å². The predicted molar refractivity (Wildman–Crippen MR) is 77.2 cm³/mol. The molecule has 19 heavy (non-hydrogen) atoms. The second-order valence-electron chi connectivity index (χ2n) is 5.87. The maximum atomic E-state index is 14.1. The van der Waals surface area contributed by atoms with Crippen LogP contribution >= 0.6 is 0 Å². The van der Waals surface area contributed by atoms with Gasteiger partial charge in [0.1, 0.15) is 5.82 Å². The van der Waals surface area contributed by atoms with E-state index in [9.17, 15) is 4.39 Å². The number of rotatable bonds is 4. The van der Waals surface area contributed by atoms with E-state index in [-0.39, 0.29) is 5.82 Å². The number of piperazine rings is 1. The fraction of sp³-hybridized carbons (Fsp3) is 0.625. The number of anilines is 1. The van der Waals surface area contributed by atoms with Crippen LogP contribution in [0, 0.1) is 11.7 Å². The van der Waals surface area contributed by atoms with Gasteiger partial charge in [-0.25, -0.2) is 4.39 Å². The van der Waals surface area contributed by atoms with E-state index in [1.54, 1.807) is 6.07 Å². The van der Waals surface area contributed by atoms with Gasteiger partial charge in [-0.1, -0.05) is 13.0 Å². The molecule has 0 N–H and O–H groups in total. The Morgan fingerprint density at radius 3 is 2.47 bits per heavy atom. The quantitative estimate of drug-likeness (QED) is 0.823. The summed E-state index contributed by atoms with van der Waals surface area (Å²) in [5.74, 6) is 0.891. The molecule has 1 aliphatic heterocycles. The number of hydrogen-bond acceptors (Lipinski definition) is 2. The van der Waals surface area contributed by atoms with Gasteiger partial charge in [-0.05, 0) is 42.9 Å². The first-order valence-corrected chi connectivity index (χ1v) is 7.52. The number of benzene rings is 1. The summed E-state index contributed by atoms with van der Waals surface area (Å²) >= 11 is 0. The molecule has 1 heterocycles. The largest absolute Gasteiger partial charge is 0.367 e. The molecular weight excluding hydrogens is 239 g/mol. The SMILES string of the molecule is CCc1ccc(N2CCN(CC3CC3)CC2)c(F)c1. The van der Waals surface area contributed by atoms with Crippen LogP contribution in [0.5, 0.6) is 0 Å². The van der Waals surface area contributed by atoms with Crippen molar-refractivity contribution in [3.05, 3.63) is 29.6 Å². The van der Waals surface area contributed by atoms with E-state index in [4.69, 9.17) is 0 Å². The van der Waals surface area contributed by atoms with Crippen LogP contribution in [0.25, 0.3) is 0 Å². The molecule has 3 heteroatoms. The third kappa shape index (κ3) is 3.08. The molecule has 2 fully saturated rings. The number of hydrogen-bond donors (Lipinski definition) is 0. The molecule has 1 saturated carbocycles. The molecule has 0 unspecified atom stereocenters. The van der Waals surface area contributed by atoms with Gasteiger partial charge in [0.15, 0.2) is 0 Å². The van der Waals surface area contributed by atoms with Crippen molar-refractivity contribution in [1.29, 1.82) is 0 Å². The molecular formula is C16H23FN2. The van der Waals surface area contributed by atoms with Crippen LogP contribution in [-0.2, 0) is 6.42 Å². The smallest absolute Gasteiger partial charge is 0.146 e. The van der Waals surface area contributed by atoms with Crippen LogP contribution < -0.4 is 4.90 Å². The Hall–Kier alpha value is -1.09. The second-order valence-corrected chi connectivity index (χ2v) is 5.87. The standard InChI is InChI=1S/C16H23FN2/c1-2-13-5-6-16(15(17)11-13)19-9-7-18(8-10-19)12-14-3-4-14/h5-6,11,14H,2-4,7-10,12H2,1H3. The fourth-order valence-corrected chi connectivity index (χ4v) is 2.86. The van der Waals surface area contributed by atoms with Crippen molar-refractivity contribution < 1.29 is 4.39 Å². The number of halogens is 1. The van der Waals surface area contributed by atoms with Gasteiger partial charge in [-0.15, -0.1) is 0 Å². The summed E-state index contributed by atoms with van der Waals surface area (Å²) in [7, 11) is 0. The van der Waals surface area contributed by atoms with Gasteiger partial charge in [-0.3, -0.25) is 4.90 Å². The van der Waals surface area contributed by atoms with Gasteiger partial charge < -0.3 is 4.90 Å². The Labute approximate surface area is 115 Å². The lowest BCUT2D eigenvalue weighted by Crippen LogP contribution is -2.47. The van der Waals surface area contributed by atoms with Crippen molar-refractivity contribution in [1.82, 2.24) is 4.90 Å². The summed E-state index contributed by atoms with van der Waals surface area (Å²) in [5, 5.41) is 0. The summed E-state index contributed by atoms with van der Waals surface area (Å²) in [6.07, 6.45) is 3.72. The first-order valence-electron chi connectivity index (χ1n) is 7.52. The Morgan fingerprint density at radius 2 is 1.89 bits per heavy atom. The van der Waals surface area contributed by atoms with Crippen LogP contribution in [-0.4, -0.2) is 37.6 Å². The topological polar surface area (TPSA) is 6.48 Å². The molecule has 104 valence electrons. The minimum atomic E-state index is -0.0602. The van der Waals surface area contributed by atoms with E-state index in [1.807, 2.05) is 6.07 Å². The van der Waals surface area contributed by atoms with E-state index in [2.05, 4.69) is 22.8 Å². The molecule has 1 saturated heterocycles. The minimum Gasteiger partial charge on any atom is -0.367 e. The highest BCUT2D eigenvalue weighted by Crippen LogP contribution is 2.30. The minimum absolute atomic E-state index is 0.0602. The zero-order valence-corrected chi connectivity index (χ0v) is 11.7. The van der Waals surface area contributed by atoms with Crippen molar-refractivity contribution in [3.8, 4) is 0 Å². The van der Waals surface area contributed by atoms with Crippen molar-refractivity contribution in [2.45, 2.75) is 26.2 Å². The van der Waals surface area contributed by atoms with Gasteiger partial charge in [-0.2, -0.15) is 0 Å². The van der Waals surface area contributed by atoms with Gasteiger partial charge in [0.25, 0.3) is 0 Å². The van der Waals surface area contributed by atoms with E-state index in [0.717, 1.165) is 49.8 Å². The molecule has 0 amide bonds. The molecule has 0 atom stereocenters. The highest BCUT2D eigenvalue weighted by Gasteiger charge is 2.26. The summed E-state index contributed by atoms with van der Waals surface area (Å²) in [4.78, 5) is 4.73. The maximum Gasteiger partial charge on any atom is 0.146 e. The predicted octanol–water partition coefficient (Wildman–Crippen LogP) is 2.92. The molecule has 1 aromatic carbocycles. The number of nitrogens with zero attached hydrogens (tertiary/aromatic N) is 2. The first kappa shape index (κ1) is 12.9. The summed E-state index contributed by atoms with van der Waals surface area (Å²) in [6.45, 7) is 7.37. The molecule has 0 radical (unpaired) electrons. The zero-order valence-electron chi connectivity index (χ0n) is 11.7. The third-order valence-electron chi connectivity index (χ3n) is 4.35. The van der Waals surface area contributed by atoms with Crippen molar-refractivity contribution in [2.24, 2.45) is 5.92 Å². The number of aryl methyl sites for hydroxylation is 1. The van der Waals surface area contributed by atoms with Gasteiger partial charge >= 0.3 is 0 Å². The van der Waals surface area contributed by atoms with Gasteiger partial charge in [0.2, 0.25) is 0 Å². The van der Waals surface area contributed by atoms with Crippen LogP contribution in [0.15, 0.2) is 18.2 Å². The van der Waals surface area contributed by atoms with Crippen molar-refractivity contribution in [2.75, 3.05) is 37.6 Å². The average Bonchev–Trinajstić information content (AvgIpc) is 3.24. The van der Waals surface area contributed by atoms with Gasteiger partial charge in [0, 0.05) is 32.7 Å². The highest BCUT2D eigenvalue weighted by molar-refractivity contribution is 5.49. The van der Waals surface area contributed by atoms with Crippen LogP contribution in [0.3, 0.4) is 0 Å². The second kappa shape index (κ2) is 5.49. The zero-order chi connectivity index (χ0) is 13.2. The van der Waals surface area contributed by atoms with Crippen LogP contribution in [0.4, 0.5) is 10.1 Å². The Bertz CT molecular complexity index is 434. The van der Waals surface area contributed by atoms with E-state index in [0.29, 0.717) is 0 Å². The lowest BCUT2D eigenvalue weighted by atomic mass is 10.1. The molecule has 2 nitrogen and oxygen atoms in total. The molecule has 0 bridgehead atoms. The molecule has 2 aliphatic rings. The fourth-order valence-electron chi connectivity index (χ4n) is 2.86. The Kier molecular flexibility index (Phi) is 3.74. The lowest BCUT2D eigenvalue weighted by Gasteiger charge is -2.36. The molecule has 1 aromatic rings. The third-order valence-corrected chi connectivity index (χ3v) is 4.35. The normalized spacial score (nSPS) is 20.8. The molecule has 0 spiro atoms. The molecule has 3 rings (SSSR count). The molecule has 1 aliphatic carbocycles. The first-order chi connectivity index (χ1) is 9.26. The Morgan fingerprint density at radius 1 is 1.16 bits per heavy atom. The van der Waals surface area contributed by atoms with E-state index < -0.39 is 0 Å². The van der Waals surface area contributed by atoms with E-state index >= 15 is 0 Å². The summed E-state index contributed by atoms with van der Waals surface area (Å²) in [5.41, 5.74) is 1.86. The molecule has 0 aromatic heterocycles. The van der Waals surface area contributed by atoms with Crippen LogP contribution in [0.1, 0.15) is 25.3 Å². The van der Waals surface area contributed by atoms with Crippen molar-refractivity contribution in [3.63, 3.8) is 0 Å². The summed E-state index contributed by atoms with van der Waals surface area (Å²) < 4.78 is 14.1.